The normalized spacial score (nSPS) is 11.0. The molecule has 0 bridgehead atoms. The predicted molar refractivity (Wildman–Crippen MR) is 56.9 cm³/mol. The lowest BCUT2D eigenvalue weighted by atomic mass is 10.3. The highest BCUT2D eigenvalue weighted by atomic mass is 79.9. The number of nitrogens with zero attached hydrogens (tertiary/aromatic N) is 2. The van der Waals surface area contributed by atoms with Crippen LogP contribution in [0.4, 0.5) is 0 Å². The van der Waals surface area contributed by atoms with Gasteiger partial charge < -0.3 is 4.42 Å². The third kappa shape index (κ3) is 1.62. The molecule has 0 radical (unpaired) electrons. The summed E-state index contributed by atoms with van der Waals surface area (Å²) in [4.78, 5) is 8.39. The highest BCUT2D eigenvalue weighted by Crippen LogP contribution is 2.22. The summed E-state index contributed by atoms with van der Waals surface area (Å²) in [5, 5.41) is 0.612. The third-order valence-corrected chi connectivity index (χ3v) is 2.56. The molecule has 13 heavy (non-hydrogen) atoms. The first kappa shape index (κ1) is 9.15. The number of aryl methyl sites for hydroxylation is 1. The van der Waals surface area contributed by atoms with Crippen molar-refractivity contribution in [2.45, 2.75) is 12.3 Å². The van der Waals surface area contributed by atoms with E-state index in [-0.39, 0.29) is 0 Å². The molecule has 0 unspecified atom stereocenters. The van der Waals surface area contributed by atoms with Gasteiger partial charge in [-0.05, 0) is 34.5 Å². The van der Waals surface area contributed by atoms with Gasteiger partial charge in [-0.3, -0.25) is 0 Å². The minimum Gasteiger partial charge on any atom is -0.438 e. The molecule has 0 aromatic carbocycles. The number of rotatable bonds is 1. The van der Waals surface area contributed by atoms with E-state index in [1.165, 1.54) is 0 Å². The molecule has 0 aliphatic carbocycles. The summed E-state index contributed by atoms with van der Waals surface area (Å²) in [6.45, 7) is 1.97. The van der Waals surface area contributed by atoms with Crippen molar-refractivity contribution in [1.82, 2.24) is 9.97 Å². The van der Waals surface area contributed by atoms with Crippen LogP contribution < -0.4 is 0 Å². The molecule has 68 valence electrons. The Bertz CT molecular complexity index is 453. The molecule has 2 heterocycles. The highest BCUT2D eigenvalue weighted by Gasteiger charge is 2.08. The van der Waals surface area contributed by atoms with Crippen LogP contribution in [-0.4, -0.2) is 9.97 Å². The second-order valence-electron chi connectivity index (χ2n) is 2.66. The molecule has 0 amide bonds. The summed E-state index contributed by atoms with van der Waals surface area (Å²) in [5.41, 5.74) is 2.45. The number of halogens is 2. The van der Waals surface area contributed by atoms with Gasteiger partial charge in [0.25, 0.3) is 0 Å². The maximum Gasteiger partial charge on any atom is 0.207 e. The quantitative estimate of drug-likeness (QED) is 0.600. The number of aromatic nitrogens is 2. The first-order valence-electron chi connectivity index (χ1n) is 3.69. The number of hydrogen-bond donors (Lipinski definition) is 0. The molecule has 2 rings (SSSR count). The molecule has 2 aromatic heterocycles. The number of oxazole rings is 1. The second-order valence-corrected chi connectivity index (χ2v) is 4.03. The topological polar surface area (TPSA) is 38.9 Å². The van der Waals surface area contributed by atoms with Gasteiger partial charge in [-0.15, -0.1) is 0 Å². The summed E-state index contributed by atoms with van der Waals surface area (Å²) in [5.74, 6) is 0.656. The van der Waals surface area contributed by atoms with Crippen LogP contribution in [0.2, 0.25) is 0 Å². The lowest BCUT2D eigenvalue weighted by Gasteiger charge is -1.92. The van der Waals surface area contributed by atoms with Gasteiger partial charge in [-0.2, -0.15) is 4.98 Å². The zero-order valence-corrected chi connectivity index (χ0v) is 10.0. The van der Waals surface area contributed by atoms with Crippen molar-refractivity contribution < 1.29 is 4.42 Å². The Hall–Kier alpha value is -0.420. The van der Waals surface area contributed by atoms with E-state index in [2.05, 4.69) is 41.8 Å². The summed E-state index contributed by atoms with van der Waals surface area (Å²) in [6, 6.07) is 1.91. The van der Waals surface area contributed by atoms with Crippen molar-refractivity contribution >= 4 is 43.1 Å². The van der Waals surface area contributed by atoms with E-state index in [4.69, 9.17) is 4.42 Å². The lowest BCUT2D eigenvalue weighted by Crippen LogP contribution is -1.81. The van der Waals surface area contributed by atoms with Crippen molar-refractivity contribution in [3.63, 3.8) is 0 Å². The van der Waals surface area contributed by atoms with Gasteiger partial charge in [0.1, 0.15) is 4.60 Å². The molecule has 5 heteroatoms. The van der Waals surface area contributed by atoms with E-state index >= 15 is 0 Å². The Morgan fingerprint density at radius 3 is 2.92 bits per heavy atom. The molecule has 3 nitrogen and oxygen atoms in total. The minimum atomic E-state index is 0.612. The lowest BCUT2D eigenvalue weighted by molar-refractivity contribution is 0.555. The molecule has 0 fully saturated rings. The number of alkyl halides is 1. The number of fused-ring (bicyclic) bond motifs is 1. The fraction of sp³-hybridized carbons (Fsp3) is 0.250. The molecule has 0 saturated carbocycles. The first-order valence-corrected chi connectivity index (χ1v) is 5.60. The van der Waals surface area contributed by atoms with E-state index in [1.54, 1.807) is 0 Å². The Morgan fingerprint density at radius 2 is 2.23 bits per heavy atom. The molecule has 0 atom stereocenters. The Balaban J connectivity index is 2.75. The minimum absolute atomic E-state index is 0.612. The summed E-state index contributed by atoms with van der Waals surface area (Å²) in [6.07, 6.45) is 0. The fourth-order valence-corrected chi connectivity index (χ4v) is 1.87. The van der Waals surface area contributed by atoms with E-state index in [9.17, 15) is 0 Å². The summed E-state index contributed by atoms with van der Waals surface area (Å²) in [7, 11) is 0. The molecular weight excluding hydrogens is 300 g/mol. The summed E-state index contributed by atoms with van der Waals surface area (Å²) >= 11 is 6.59. The van der Waals surface area contributed by atoms with Crippen LogP contribution in [0.15, 0.2) is 15.1 Å². The number of pyridine rings is 1. The highest BCUT2D eigenvalue weighted by molar-refractivity contribution is 9.10. The zero-order valence-electron chi connectivity index (χ0n) is 6.84. The van der Waals surface area contributed by atoms with E-state index in [0.717, 1.165) is 15.7 Å². The van der Waals surface area contributed by atoms with Crippen molar-refractivity contribution in [2.75, 3.05) is 0 Å². The average Bonchev–Trinajstić information content (AvgIpc) is 2.47. The van der Waals surface area contributed by atoms with Crippen molar-refractivity contribution in [3.05, 3.63) is 22.1 Å². The van der Waals surface area contributed by atoms with E-state index < -0.39 is 0 Å². The van der Waals surface area contributed by atoms with Crippen molar-refractivity contribution in [1.29, 1.82) is 0 Å². The van der Waals surface area contributed by atoms with Gasteiger partial charge in [0.2, 0.25) is 5.89 Å². The molecule has 0 N–H and O–H groups in total. The molecule has 0 spiro atoms. The van der Waals surface area contributed by atoms with Gasteiger partial charge >= 0.3 is 0 Å². The average molecular weight is 306 g/mol. The largest absolute Gasteiger partial charge is 0.438 e. The standard InChI is InChI=1S/C8H6Br2N2O/c1-4-2-5(10)11-8-7(4)13-6(3-9)12-8/h2H,3H2,1H3. The maximum atomic E-state index is 5.46. The van der Waals surface area contributed by atoms with Crippen LogP contribution in [0.1, 0.15) is 11.5 Å². The molecule has 0 saturated heterocycles. The van der Waals surface area contributed by atoms with Gasteiger partial charge in [0.15, 0.2) is 11.2 Å². The molecule has 2 aromatic rings. The van der Waals surface area contributed by atoms with Gasteiger partial charge in [-0.25, -0.2) is 4.98 Å². The van der Waals surface area contributed by atoms with Crippen LogP contribution in [0.5, 0.6) is 0 Å². The first-order chi connectivity index (χ1) is 6.20. The monoisotopic (exact) mass is 304 g/mol. The molecule has 0 aliphatic rings. The van der Waals surface area contributed by atoms with Gasteiger partial charge in [0.05, 0.1) is 5.33 Å². The van der Waals surface area contributed by atoms with Gasteiger partial charge in [-0.1, -0.05) is 15.9 Å². The SMILES string of the molecule is Cc1cc(Br)nc2nc(CBr)oc12. The van der Waals surface area contributed by atoms with Crippen LogP contribution in [0, 0.1) is 6.92 Å². The van der Waals surface area contributed by atoms with Crippen LogP contribution in [0.3, 0.4) is 0 Å². The number of hydrogen-bond acceptors (Lipinski definition) is 3. The maximum absolute atomic E-state index is 5.46. The third-order valence-electron chi connectivity index (χ3n) is 1.67. The zero-order chi connectivity index (χ0) is 9.42. The van der Waals surface area contributed by atoms with E-state index in [0.29, 0.717) is 16.9 Å². The van der Waals surface area contributed by atoms with Crippen LogP contribution >= 0.6 is 31.9 Å². The second kappa shape index (κ2) is 3.38. The Labute approximate surface area is 91.8 Å². The predicted octanol–water partition coefficient (Wildman–Crippen LogP) is 3.19. The van der Waals surface area contributed by atoms with Gasteiger partial charge in [0, 0.05) is 0 Å². The smallest absolute Gasteiger partial charge is 0.207 e. The Kier molecular flexibility index (Phi) is 2.38. The van der Waals surface area contributed by atoms with Crippen LogP contribution in [-0.2, 0) is 5.33 Å². The van der Waals surface area contributed by atoms with Crippen molar-refractivity contribution in [2.24, 2.45) is 0 Å². The Morgan fingerprint density at radius 1 is 1.46 bits per heavy atom. The fourth-order valence-electron chi connectivity index (χ4n) is 1.12. The summed E-state index contributed by atoms with van der Waals surface area (Å²) < 4.78 is 6.25. The molecule has 0 aliphatic heterocycles. The van der Waals surface area contributed by atoms with Crippen molar-refractivity contribution in [3.8, 4) is 0 Å². The van der Waals surface area contributed by atoms with Crippen LogP contribution in [0.25, 0.3) is 11.2 Å². The van der Waals surface area contributed by atoms with E-state index in [1.807, 2.05) is 13.0 Å². The molecular formula is C8H6Br2N2O.